The van der Waals surface area contributed by atoms with Crippen molar-refractivity contribution in [3.05, 3.63) is 23.8 Å². The summed E-state index contributed by atoms with van der Waals surface area (Å²) < 4.78 is 0. The number of aromatic hydroxyl groups is 2. The molecule has 0 saturated carbocycles. The Kier molecular flexibility index (Phi) is 3.73. The monoisotopic (exact) mass is 197 g/mol. The highest BCUT2D eigenvalue weighted by molar-refractivity contribution is 5.40. The van der Waals surface area contributed by atoms with Crippen molar-refractivity contribution in [2.45, 2.75) is 18.9 Å². The molecule has 1 aromatic rings. The van der Waals surface area contributed by atoms with Crippen LogP contribution in [0, 0.1) is 0 Å². The van der Waals surface area contributed by atoms with Crippen LogP contribution in [-0.2, 0) is 0 Å². The lowest BCUT2D eigenvalue weighted by molar-refractivity contribution is 0.279. The molecule has 14 heavy (non-hydrogen) atoms. The van der Waals surface area contributed by atoms with E-state index in [4.69, 9.17) is 10.8 Å². The Labute approximate surface area is 82.6 Å². The van der Waals surface area contributed by atoms with Gasteiger partial charge in [-0.3, -0.25) is 0 Å². The van der Waals surface area contributed by atoms with Crippen LogP contribution in [0.1, 0.15) is 24.4 Å². The quantitative estimate of drug-likeness (QED) is 0.539. The van der Waals surface area contributed by atoms with E-state index >= 15 is 0 Å². The summed E-state index contributed by atoms with van der Waals surface area (Å²) in [7, 11) is 0. The molecule has 4 heteroatoms. The fraction of sp³-hybridized carbons (Fsp3) is 0.400. The van der Waals surface area contributed by atoms with Crippen LogP contribution in [0.25, 0.3) is 0 Å². The molecule has 0 aliphatic rings. The Hall–Kier alpha value is -1.26. The van der Waals surface area contributed by atoms with E-state index in [9.17, 15) is 10.2 Å². The molecule has 0 saturated heterocycles. The molecule has 0 bridgehead atoms. The number of nitrogens with two attached hydrogens (primary N) is 1. The maximum atomic E-state index is 9.45. The second-order valence-electron chi connectivity index (χ2n) is 3.22. The highest BCUT2D eigenvalue weighted by Gasteiger charge is 2.10. The Bertz CT molecular complexity index is 301. The normalized spacial score (nSPS) is 12.7. The molecular weight excluding hydrogens is 182 g/mol. The van der Waals surface area contributed by atoms with Crippen LogP contribution in [0.5, 0.6) is 11.5 Å². The van der Waals surface area contributed by atoms with E-state index in [1.807, 2.05) is 0 Å². The molecule has 5 N–H and O–H groups in total. The first-order chi connectivity index (χ1) is 6.65. The number of phenols is 2. The zero-order valence-corrected chi connectivity index (χ0v) is 7.85. The summed E-state index contributed by atoms with van der Waals surface area (Å²) in [4.78, 5) is 0. The minimum absolute atomic E-state index is 0.0767. The maximum Gasteiger partial charge on any atom is 0.120 e. The zero-order chi connectivity index (χ0) is 10.6. The van der Waals surface area contributed by atoms with Crippen molar-refractivity contribution in [1.29, 1.82) is 0 Å². The molecule has 1 rings (SSSR count). The van der Waals surface area contributed by atoms with E-state index in [0.717, 1.165) is 0 Å². The van der Waals surface area contributed by atoms with Crippen molar-refractivity contribution >= 4 is 0 Å². The molecular formula is C10H15NO3. The summed E-state index contributed by atoms with van der Waals surface area (Å²) in [6.07, 6.45) is 1.16. The summed E-state index contributed by atoms with van der Waals surface area (Å²) in [5.74, 6) is 0.158. The zero-order valence-electron chi connectivity index (χ0n) is 7.85. The molecule has 1 aromatic carbocycles. The van der Waals surface area contributed by atoms with E-state index in [-0.39, 0.29) is 24.1 Å². The van der Waals surface area contributed by atoms with E-state index in [1.165, 1.54) is 18.2 Å². The van der Waals surface area contributed by atoms with Gasteiger partial charge in [0.2, 0.25) is 0 Å². The van der Waals surface area contributed by atoms with Crippen LogP contribution < -0.4 is 5.73 Å². The van der Waals surface area contributed by atoms with Crippen LogP contribution in [0.15, 0.2) is 18.2 Å². The highest BCUT2D eigenvalue weighted by Crippen LogP contribution is 2.28. The smallest absolute Gasteiger partial charge is 0.120 e. The molecule has 0 heterocycles. The largest absolute Gasteiger partial charge is 0.508 e. The second-order valence-corrected chi connectivity index (χ2v) is 3.22. The van der Waals surface area contributed by atoms with Gasteiger partial charge in [0, 0.05) is 18.2 Å². The van der Waals surface area contributed by atoms with Crippen LogP contribution in [-0.4, -0.2) is 21.9 Å². The summed E-state index contributed by atoms with van der Waals surface area (Å²) in [6.45, 7) is 0.0767. The molecule has 0 fully saturated rings. The SMILES string of the molecule is N[C@H](CCCO)c1cc(O)ccc1O. The van der Waals surface area contributed by atoms with Crippen LogP contribution >= 0.6 is 0 Å². The Morgan fingerprint density at radius 3 is 2.64 bits per heavy atom. The average Bonchev–Trinajstić information content (AvgIpc) is 2.18. The number of aliphatic hydroxyl groups excluding tert-OH is 1. The number of hydrogen-bond acceptors (Lipinski definition) is 4. The number of aliphatic hydroxyl groups is 1. The van der Waals surface area contributed by atoms with Gasteiger partial charge in [-0.05, 0) is 31.0 Å². The lowest BCUT2D eigenvalue weighted by atomic mass is 10.0. The van der Waals surface area contributed by atoms with Crippen molar-refractivity contribution in [1.82, 2.24) is 0 Å². The molecule has 0 spiro atoms. The molecule has 4 nitrogen and oxygen atoms in total. The van der Waals surface area contributed by atoms with Crippen LogP contribution in [0.4, 0.5) is 0 Å². The van der Waals surface area contributed by atoms with E-state index < -0.39 is 0 Å². The van der Waals surface area contributed by atoms with Gasteiger partial charge in [-0.25, -0.2) is 0 Å². The number of rotatable bonds is 4. The molecule has 0 radical (unpaired) electrons. The van der Waals surface area contributed by atoms with Gasteiger partial charge in [0.1, 0.15) is 11.5 Å². The van der Waals surface area contributed by atoms with Crippen molar-refractivity contribution in [2.75, 3.05) is 6.61 Å². The Morgan fingerprint density at radius 2 is 2.00 bits per heavy atom. The fourth-order valence-electron chi connectivity index (χ4n) is 1.31. The van der Waals surface area contributed by atoms with Crippen molar-refractivity contribution < 1.29 is 15.3 Å². The van der Waals surface area contributed by atoms with Crippen molar-refractivity contribution in [3.63, 3.8) is 0 Å². The second kappa shape index (κ2) is 4.83. The van der Waals surface area contributed by atoms with Gasteiger partial charge in [-0.2, -0.15) is 0 Å². The number of phenolic OH excluding ortho intramolecular Hbond substituents is 2. The predicted octanol–water partition coefficient (Wildman–Crippen LogP) is 0.870. The van der Waals surface area contributed by atoms with Crippen LogP contribution in [0.3, 0.4) is 0 Å². The molecule has 1 atom stereocenters. The van der Waals surface area contributed by atoms with Gasteiger partial charge >= 0.3 is 0 Å². The molecule has 0 aliphatic heterocycles. The van der Waals surface area contributed by atoms with Gasteiger partial charge < -0.3 is 21.1 Å². The Balaban J connectivity index is 2.77. The third-order valence-corrected chi connectivity index (χ3v) is 2.08. The van der Waals surface area contributed by atoms with Gasteiger partial charge in [0.05, 0.1) is 0 Å². The molecule has 0 unspecified atom stereocenters. The third-order valence-electron chi connectivity index (χ3n) is 2.08. The minimum Gasteiger partial charge on any atom is -0.508 e. The van der Waals surface area contributed by atoms with Gasteiger partial charge in [-0.1, -0.05) is 0 Å². The van der Waals surface area contributed by atoms with Crippen LogP contribution in [0.2, 0.25) is 0 Å². The highest BCUT2D eigenvalue weighted by atomic mass is 16.3. The summed E-state index contributed by atoms with van der Waals surface area (Å²) in [6, 6.07) is 3.90. The molecule has 0 amide bonds. The number of benzene rings is 1. The molecule has 0 aliphatic carbocycles. The first-order valence-corrected chi connectivity index (χ1v) is 4.53. The first kappa shape index (κ1) is 10.8. The minimum atomic E-state index is -0.353. The van der Waals surface area contributed by atoms with Gasteiger partial charge in [-0.15, -0.1) is 0 Å². The van der Waals surface area contributed by atoms with Crippen molar-refractivity contribution in [2.24, 2.45) is 5.73 Å². The number of hydrogen-bond donors (Lipinski definition) is 4. The standard InChI is InChI=1S/C10H15NO3/c11-9(2-1-5-12)8-6-7(13)3-4-10(8)14/h3-4,6,9,12-14H,1-2,5,11H2/t9-/m1/s1. The summed E-state index contributed by atoms with van der Waals surface area (Å²) in [5, 5.41) is 27.3. The molecule has 0 aromatic heterocycles. The van der Waals surface area contributed by atoms with E-state index in [2.05, 4.69) is 0 Å². The van der Waals surface area contributed by atoms with Crippen molar-refractivity contribution in [3.8, 4) is 11.5 Å². The van der Waals surface area contributed by atoms with E-state index in [1.54, 1.807) is 0 Å². The average molecular weight is 197 g/mol. The topological polar surface area (TPSA) is 86.7 Å². The van der Waals surface area contributed by atoms with Gasteiger partial charge in [0.25, 0.3) is 0 Å². The Morgan fingerprint density at radius 1 is 1.29 bits per heavy atom. The molecule has 78 valence electrons. The first-order valence-electron chi connectivity index (χ1n) is 4.53. The lowest BCUT2D eigenvalue weighted by Gasteiger charge is -2.13. The fourth-order valence-corrected chi connectivity index (χ4v) is 1.31. The van der Waals surface area contributed by atoms with Gasteiger partial charge in [0.15, 0.2) is 0 Å². The predicted molar refractivity (Wildman–Crippen MR) is 53.0 cm³/mol. The summed E-state index contributed by atoms with van der Waals surface area (Å²) >= 11 is 0. The maximum absolute atomic E-state index is 9.45. The van der Waals surface area contributed by atoms with E-state index in [0.29, 0.717) is 18.4 Å². The lowest BCUT2D eigenvalue weighted by Crippen LogP contribution is -2.10. The summed E-state index contributed by atoms with van der Waals surface area (Å²) in [5.41, 5.74) is 6.28. The third kappa shape index (κ3) is 2.61.